The summed E-state index contributed by atoms with van der Waals surface area (Å²) in [6.45, 7) is 8.41. The van der Waals surface area contributed by atoms with Gasteiger partial charge in [0.25, 0.3) is 0 Å². The van der Waals surface area contributed by atoms with E-state index in [4.69, 9.17) is 17.5 Å². The maximum absolute atomic E-state index is 12.8. The van der Waals surface area contributed by atoms with Gasteiger partial charge in [0.05, 0.1) is 0 Å². The Balaban J connectivity index is 0.000000155. The minimum absolute atomic E-state index is 0.151. The first kappa shape index (κ1) is 46.2. The third kappa shape index (κ3) is 11.6. The number of fused-ring (bicyclic) bond motifs is 4. The fraction of sp³-hybridized carbons (Fsp3) is 0.125. The molecule has 0 radical (unpaired) electrons. The summed E-state index contributed by atoms with van der Waals surface area (Å²) in [5.41, 5.74) is 5.39. The average Bonchev–Trinajstić information content (AvgIpc) is 4.13. The van der Waals surface area contributed by atoms with Crippen molar-refractivity contribution < 1.29 is 36.8 Å². The van der Waals surface area contributed by atoms with E-state index >= 15 is 0 Å². The Morgan fingerprint density at radius 2 is 1.41 bits per heavy atom. The number of benzene rings is 4. The van der Waals surface area contributed by atoms with Gasteiger partial charge in [-0.1, -0.05) is 102 Å². The molecule has 4 aromatic carbocycles. The molecule has 16 heteroatoms. The number of para-hydroxylation sites is 1. The number of halogens is 1. The van der Waals surface area contributed by atoms with Crippen molar-refractivity contribution in [2.24, 2.45) is 0 Å². The predicted octanol–water partition coefficient (Wildman–Crippen LogP) is 12.7. The van der Waals surface area contributed by atoms with Gasteiger partial charge in [0.15, 0.2) is 6.29 Å². The number of ketones is 1. The maximum atomic E-state index is 12.8. The summed E-state index contributed by atoms with van der Waals surface area (Å²) >= 11 is 5.76. The molecular weight excluding hydrogens is 968 g/mol. The second-order valence-corrected chi connectivity index (χ2v) is 24.4. The molecule has 1 N–H and O–H groups in total. The van der Waals surface area contributed by atoms with E-state index < -0.39 is 22.9 Å². The number of aromatic amines is 1. The van der Waals surface area contributed by atoms with E-state index in [-0.39, 0.29) is 5.78 Å². The van der Waals surface area contributed by atoms with Crippen LogP contribution in [0, 0.1) is 0 Å². The van der Waals surface area contributed by atoms with Crippen molar-refractivity contribution in [2.45, 2.75) is 32.4 Å². The summed E-state index contributed by atoms with van der Waals surface area (Å²) in [6, 6.07) is 43.1. The Morgan fingerprint density at radius 1 is 0.766 bits per heavy atom. The number of nitrogens with one attached hydrogen (secondary N) is 1. The zero-order chi connectivity index (χ0) is 45.1. The first-order valence-corrected chi connectivity index (χ1v) is 27.1. The number of thiophene rings is 2. The van der Waals surface area contributed by atoms with Crippen molar-refractivity contribution in [1.82, 2.24) is 29.9 Å². The molecular formula is C48H41BrMnN6O5S2Si. The third-order valence-corrected chi connectivity index (χ3v) is 14.2. The number of aromatic nitrogens is 6. The van der Waals surface area contributed by atoms with E-state index in [0.29, 0.717) is 23.8 Å². The zero-order valence-electron chi connectivity index (χ0n) is 34.9. The van der Waals surface area contributed by atoms with E-state index in [1.165, 1.54) is 36.7 Å². The van der Waals surface area contributed by atoms with Crippen LogP contribution in [0.25, 0.3) is 62.9 Å². The molecule has 0 bridgehead atoms. The Kier molecular flexibility index (Phi) is 15.6. The molecule has 11 nitrogen and oxygen atoms in total. The molecule has 0 fully saturated rings. The van der Waals surface area contributed by atoms with Crippen LogP contribution in [0.1, 0.15) is 26.7 Å². The number of carbonyl (C=O) groups is 2. The number of hydrogen-bond acceptors (Lipinski definition) is 11. The van der Waals surface area contributed by atoms with Crippen LogP contribution in [-0.2, 0) is 34.0 Å². The molecule has 10 aromatic rings. The van der Waals surface area contributed by atoms with E-state index in [1.54, 1.807) is 60.1 Å². The molecule has 6 aromatic heterocycles. The zero-order valence-corrected chi connectivity index (χ0v) is 40.3. The molecule has 0 amide bonds. The van der Waals surface area contributed by atoms with E-state index in [2.05, 4.69) is 123 Å². The normalized spacial score (nSPS) is 11.0. The SMILES string of the molecule is C[Si](C)(C)CCOCn1cc2cc(Br)cc(-c3cc4ccccc4s3)c2n1.O=C(c1ccccn1)c1[nH]nc2c(-c3cc4ccccc4s3)cccc12.O=Cc1ccccn1.[O]=[Mn]=[O]. The van der Waals surface area contributed by atoms with Gasteiger partial charge in [-0.3, -0.25) is 24.7 Å². The van der Waals surface area contributed by atoms with Crippen LogP contribution >= 0.6 is 38.6 Å². The van der Waals surface area contributed by atoms with E-state index in [9.17, 15) is 9.59 Å². The van der Waals surface area contributed by atoms with Crippen molar-refractivity contribution in [1.29, 1.82) is 0 Å². The number of hydrogen-bond donors (Lipinski definition) is 1. The quantitative estimate of drug-likeness (QED) is 0.0611. The van der Waals surface area contributed by atoms with Crippen molar-refractivity contribution in [3.63, 3.8) is 0 Å². The fourth-order valence-corrected chi connectivity index (χ4v) is 10.0. The molecule has 0 aliphatic rings. The van der Waals surface area contributed by atoms with Crippen LogP contribution in [0.4, 0.5) is 0 Å². The first-order chi connectivity index (χ1) is 31.0. The summed E-state index contributed by atoms with van der Waals surface area (Å²) in [5.74, 6) is -0.151. The number of carbonyl (C=O) groups excluding carboxylic acids is 2. The fourth-order valence-electron chi connectivity index (χ4n) is 6.65. The minimum atomic E-state index is -1.44. The Labute approximate surface area is 392 Å². The molecule has 0 saturated heterocycles. The first-order valence-electron chi connectivity index (χ1n) is 20.0. The number of H-pyrrole nitrogens is 1. The standard InChI is InChI=1S/C21H23BrN2OSSi.C21H13N3OS.C6H5NO.Mn.2O/c1-27(2,3)9-8-25-14-24-13-16-10-17(22)12-18(21(16)23-24)20-11-15-6-4-5-7-19(15)26-20;25-21(16-9-3-4-11-22-16)20-15-8-5-7-14(19(15)23-24-20)18-12-13-6-1-2-10-17(13)26-18;8-5-6-3-1-2-4-7-6;;;/h4-7,10-13H,8-9,14H2,1-3H3;1-12H,(H,23,24);1-5H;;;. The molecule has 0 spiro atoms. The van der Waals surface area contributed by atoms with Crippen LogP contribution in [0.2, 0.25) is 25.7 Å². The van der Waals surface area contributed by atoms with Gasteiger partial charge < -0.3 is 4.74 Å². The number of ether oxygens (including phenoxy) is 1. The van der Waals surface area contributed by atoms with Gasteiger partial charge in [-0.2, -0.15) is 10.2 Å². The molecule has 0 saturated carbocycles. The van der Waals surface area contributed by atoms with Crippen LogP contribution in [0.15, 0.2) is 150 Å². The number of pyridine rings is 2. The predicted molar refractivity (Wildman–Crippen MR) is 258 cm³/mol. The topological polar surface area (TPSA) is 150 Å². The van der Waals surface area contributed by atoms with Crippen molar-refractivity contribution in [3.05, 3.63) is 168 Å². The molecule has 10 rings (SSSR count). The van der Waals surface area contributed by atoms with Crippen molar-refractivity contribution >= 4 is 101 Å². The molecule has 64 heavy (non-hydrogen) atoms. The van der Waals surface area contributed by atoms with Gasteiger partial charge in [-0.15, -0.1) is 22.7 Å². The van der Waals surface area contributed by atoms with Crippen molar-refractivity contribution in [3.8, 4) is 20.9 Å². The average molecular weight is 1010 g/mol. The molecule has 0 aliphatic carbocycles. The molecule has 323 valence electrons. The van der Waals surface area contributed by atoms with Crippen LogP contribution < -0.4 is 0 Å². The molecule has 0 unspecified atom stereocenters. The van der Waals surface area contributed by atoms with Gasteiger partial charge in [-0.05, 0) is 77.5 Å². The Hall–Kier alpha value is -5.84. The van der Waals surface area contributed by atoms with Crippen molar-refractivity contribution in [2.75, 3.05) is 6.61 Å². The number of nitrogens with zero attached hydrogens (tertiary/aromatic N) is 5. The molecule has 0 atom stereocenters. The van der Waals surface area contributed by atoms with Gasteiger partial charge in [0, 0.05) is 78.8 Å². The van der Waals surface area contributed by atoms with Crippen LogP contribution in [0.3, 0.4) is 0 Å². The second kappa shape index (κ2) is 21.7. The van der Waals surface area contributed by atoms with E-state index in [1.807, 2.05) is 46.4 Å². The van der Waals surface area contributed by atoms with Crippen LogP contribution in [-0.4, -0.2) is 56.7 Å². The summed E-state index contributed by atoms with van der Waals surface area (Å²) < 4.78 is 28.2. The molecule has 6 heterocycles. The summed E-state index contributed by atoms with van der Waals surface area (Å²) in [4.78, 5) is 33.0. The second-order valence-electron chi connectivity index (χ2n) is 15.5. The Morgan fingerprint density at radius 3 is 2.00 bits per heavy atom. The third-order valence-electron chi connectivity index (χ3n) is 9.74. The van der Waals surface area contributed by atoms with Gasteiger partial charge in [0.2, 0.25) is 5.78 Å². The Bertz CT molecular complexity index is 3150. The monoisotopic (exact) mass is 1010 g/mol. The molecule has 0 aliphatic heterocycles. The van der Waals surface area contributed by atoms with Gasteiger partial charge >= 0.3 is 22.5 Å². The summed E-state index contributed by atoms with van der Waals surface area (Å²) in [5, 5.41) is 16.6. The number of rotatable bonds is 10. The van der Waals surface area contributed by atoms with Crippen LogP contribution in [0.5, 0.6) is 0 Å². The number of aldehydes is 1. The van der Waals surface area contributed by atoms with E-state index in [0.717, 1.165) is 49.6 Å². The summed E-state index contributed by atoms with van der Waals surface area (Å²) in [6.07, 6.45) is 6.00. The summed E-state index contributed by atoms with van der Waals surface area (Å²) in [7, 11) is -1.06. The van der Waals surface area contributed by atoms with Gasteiger partial charge in [-0.25, -0.2) is 4.68 Å². The van der Waals surface area contributed by atoms with Gasteiger partial charge in [0.1, 0.15) is 34.8 Å².